The lowest BCUT2D eigenvalue weighted by Crippen LogP contribution is -2.37. The van der Waals surface area contributed by atoms with Gasteiger partial charge >= 0.3 is 0 Å². The summed E-state index contributed by atoms with van der Waals surface area (Å²) in [5.41, 5.74) is 0.175. The number of amides is 1. The monoisotopic (exact) mass is 377 g/mol. The van der Waals surface area contributed by atoms with Gasteiger partial charge < -0.3 is 4.90 Å². The zero-order chi connectivity index (χ0) is 20.1. The third-order valence-corrected chi connectivity index (χ3v) is 4.14. The summed E-state index contributed by atoms with van der Waals surface area (Å²) in [6.07, 6.45) is 1.34. The first-order valence-electron chi connectivity index (χ1n) is 8.37. The molecule has 3 rings (SSSR count). The van der Waals surface area contributed by atoms with Crippen molar-refractivity contribution < 1.29 is 9.72 Å². The van der Waals surface area contributed by atoms with Crippen LogP contribution in [-0.4, -0.2) is 26.9 Å². The van der Waals surface area contributed by atoms with E-state index in [2.05, 4.69) is 4.98 Å². The van der Waals surface area contributed by atoms with Crippen molar-refractivity contribution in [2.24, 2.45) is 0 Å². The maximum Gasteiger partial charge on any atom is 0.271 e. The molecule has 9 nitrogen and oxygen atoms in total. The Morgan fingerprint density at radius 3 is 2.68 bits per heavy atom. The number of nitro benzene ring substituents is 1. The van der Waals surface area contributed by atoms with E-state index in [4.69, 9.17) is 5.26 Å². The Hall–Kier alpha value is -4.06. The van der Waals surface area contributed by atoms with Gasteiger partial charge in [0.25, 0.3) is 11.2 Å². The van der Waals surface area contributed by atoms with Gasteiger partial charge in [0.05, 0.1) is 34.6 Å². The number of hydrogen-bond donors (Lipinski definition) is 0. The molecule has 0 unspecified atom stereocenters. The van der Waals surface area contributed by atoms with Crippen LogP contribution >= 0.6 is 0 Å². The van der Waals surface area contributed by atoms with Gasteiger partial charge in [0.15, 0.2) is 0 Å². The van der Waals surface area contributed by atoms with Crippen LogP contribution in [0.5, 0.6) is 0 Å². The molecule has 0 aliphatic carbocycles. The fourth-order valence-corrected chi connectivity index (χ4v) is 2.77. The quantitative estimate of drug-likeness (QED) is 0.480. The highest BCUT2D eigenvalue weighted by Crippen LogP contribution is 2.17. The number of hydrogen-bond acceptors (Lipinski definition) is 6. The summed E-state index contributed by atoms with van der Waals surface area (Å²) in [7, 11) is 0. The zero-order valence-electron chi connectivity index (χ0n) is 14.7. The molecule has 1 amide bonds. The van der Waals surface area contributed by atoms with Crippen LogP contribution in [0, 0.1) is 21.4 Å². The Bertz CT molecular complexity index is 1130. The van der Waals surface area contributed by atoms with Crippen LogP contribution in [-0.2, 0) is 11.3 Å². The third kappa shape index (κ3) is 3.86. The van der Waals surface area contributed by atoms with Gasteiger partial charge in [-0.1, -0.05) is 18.2 Å². The highest BCUT2D eigenvalue weighted by atomic mass is 16.6. The van der Waals surface area contributed by atoms with Crippen LogP contribution < -0.4 is 10.5 Å². The molecule has 0 aliphatic rings. The van der Waals surface area contributed by atoms with Gasteiger partial charge in [-0.05, 0) is 18.2 Å². The molecule has 0 atom stereocenters. The van der Waals surface area contributed by atoms with E-state index in [1.54, 1.807) is 24.3 Å². The van der Waals surface area contributed by atoms with Crippen molar-refractivity contribution in [3.63, 3.8) is 0 Å². The first-order valence-corrected chi connectivity index (χ1v) is 8.37. The fourth-order valence-electron chi connectivity index (χ4n) is 2.77. The summed E-state index contributed by atoms with van der Waals surface area (Å²) in [6, 6.07) is 14.6. The second kappa shape index (κ2) is 8.09. The van der Waals surface area contributed by atoms with Crippen LogP contribution in [0.4, 0.5) is 11.4 Å². The van der Waals surface area contributed by atoms with Gasteiger partial charge in [-0.25, -0.2) is 4.98 Å². The number of fused-ring (bicyclic) bond motifs is 1. The van der Waals surface area contributed by atoms with E-state index in [-0.39, 0.29) is 42.0 Å². The predicted octanol–water partition coefficient (Wildman–Crippen LogP) is 2.25. The standard InChI is InChI=1S/C19H15N5O4/c20-9-4-10-23(14-5-2-1-3-6-14)18(25)12-22-13-21-17-11-15(24(27)28)7-8-16(17)19(22)26/h1-3,5-8,11,13H,4,10,12H2. The summed E-state index contributed by atoms with van der Waals surface area (Å²) in [5, 5.41) is 19.9. The largest absolute Gasteiger partial charge is 0.310 e. The molecule has 28 heavy (non-hydrogen) atoms. The van der Waals surface area contributed by atoms with E-state index < -0.39 is 10.5 Å². The van der Waals surface area contributed by atoms with E-state index in [1.807, 2.05) is 12.1 Å². The normalized spacial score (nSPS) is 10.4. The van der Waals surface area contributed by atoms with Crippen LogP contribution in [0.1, 0.15) is 6.42 Å². The predicted molar refractivity (Wildman–Crippen MR) is 102 cm³/mol. The first-order chi connectivity index (χ1) is 13.5. The molecule has 0 radical (unpaired) electrons. The summed E-state index contributed by atoms with van der Waals surface area (Å²) in [4.78, 5) is 41.2. The van der Waals surface area contributed by atoms with Crippen LogP contribution in [0.15, 0.2) is 59.7 Å². The summed E-state index contributed by atoms with van der Waals surface area (Å²) >= 11 is 0. The van der Waals surface area contributed by atoms with Crippen molar-refractivity contribution in [2.75, 3.05) is 11.4 Å². The van der Waals surface area contributed by atoms with Crippen LogP contribution in [0.3, 0.4) is 0 Å². The van der Waals surface area contributed by atoms with E-state index in [0.29, 0.717) is 5.69 Å². The molecule has 1 aromatic heterocycles. The van der Waals surface area contributed by atoms with Crippen molar-refractivity contribution in [3.05, 3.63) is 75.3 Å². The van der Waals surface area contributed by atoms with Crippen molar-refractivity contribution in [1.29, 1.82) is 5.26 Å². The number of carbonyl (C=O) groups is 1. The number of rotatable bonds is 6. The summed E-state index contributed by atoms with van der Waals surface area (Å²) in [5.74, 6) is -0.369. The van der Waals surface area contributed by atoms with Crippen molar-refractivity contribution >= 4 is 28.2 Å². The van der Waals surface area contributed by atoms with Gasteiger partial charge in [0.1, 0.15) is 6.54 Å². The molecule has 0 aliphatic heterocycles. The highest BCUT2D eigenvalue weighted by molar-refractivity contribution is 5.93. The van der Waals surface area contributed by atoms with E-state index >= 15 is 0 Å². The van der Waals surface area contributed by atoms with E-state index in [0.717, 1.165) is 4.57 Å². The lowest BCUT2D eigenvalue weighted by atomic mass is 10.2. The van der Waals surface area contributed by atoms with Gasteiger partial charge in [-0.2, -0.15) is 5.26 Å². The molecule has 0 fully saturated rings. The van der Waals surface area contributed by atoms with Crippen LogP contribution in [0.2, 0.25) is 0 Å². The second-order valence-corrected chi connectivity index (χ2v) is 5.93. The number of carbonyl (C=O) groups excluding carboxylic acids is 1. The molecule has 3 aromatic rings. The average molecular weight is 377 g/mol. The SMILES string of the molecule is N#CCCN(C(=O)Cn1cnc2cc([N+](=O)[O-])ccc2c1=O)c1ccccc1. The number of aromatic nitrogens is 2. The van der Waals surface area contributed by atoms with Gasteiger partial charge in [0, 0.05) is 24.4 Å². The van der Waals surface area contributed by atoms with Crippen molar-refractivity contribution in [1.82, 2.24) is 9.55 Å². The Morgan fingerprint density at radius 2 is 2.00 bits per heavy atom. The van der Waals surface area contributed by atoms with Crippen molar-refractivity contribution in [3.8, 4) is 6.07 Å². The van der Waals surface area contributed by atoms with Crippen molar-refractivity contribution in [2.45, 2.75) is 13.0 Å². The lowest BCUT2D eigenvalue weighted by Gasteiger charge is -2.22. The second-order valence-electron chi connectivity index (χ2n) is 5.93. The Kier molecular flexibility index (Phi) is 5.41. The van der Waals surface area contributed by atoms with Gasteiger partial charge in [0.2, 0.25) is 5.91 Å². The molecule has 0 saturated carbocycles. The number of benzene rings is 2. The molecular formula is C19H15N5O4. The number of nitrogens with zero attached hydrogens (tertiary/aromatic N) is 5. The minimum atomic E-state index is -0.566. The van der Waals surface area contributed by atoms with E-state index in [9.17, 15) is 19.7 Å². The lowest BCUT2D eigenvalue weighted by molar-refractivity contribution is -0.384. The Labute approximate surface area is 159 Å². The minimum absolute atomic E-state index is 0.148. The molecule has 0 bridgehead atoms. The zero-order valence-corrected chi connectivity index (χ0v) is 14.7. The van der Waals surface area contributed by atoms with Gasteiger partial charge in [-0.15, -0.1) is 0 Å². The number of nitriles is 1. The maximum atomic E-state index is 12.8. The molecular weight excluding hydrogens is 362 g/mol. The number of anilines is 1. The van der Waals surface area contributed by atoms with Gasteiger partial charge in [-0.3, -0.25) is 24.3 Å². The number of nitro groups is 1. The summed E-state index contributed by atoms with van der Waals surface area (Å²) < 4.78 is 1.15. The molecule has 9 heteroatoms. The average Bonchev–Trinajstić information content (AvgIpc) is 2.71. The molecule has 0 N–H and O–H groups in total. The Balaban J connectivity index is 1.92. The first kappa shape index (κ1) is 18.7. The highest BCUT2D eigenvalue weighted by Gasteiger charge is 2.18. The number of non-ortho nitro benzene ring substituents is 1. The molecule has 0 spiro atoms. The molecule has 0 saturated heterocycles. The molecule has 1 heterocycles. The Morgan fingerprint density at radius 1 is 1.25 bits per heavy atom. The molecule has 140 valence electrons. The number of para-hydroxylation sites is 1. The molecule has 2 aromatic carbocycles. The topological polar surface area (TPSA) is 122 Å². The van der Waals surface area contributed by atoms with Crippen LogP contribution in [0.25, 0.3) is 10.9 Å². The minimum Gasteiger partial charge on any atom is -0.310 e. The summed E-state index contributed by atoms with van der Waals surface area (Å²) in [6.45, 7) is -0.0691. The maximum absolute atomic E-state index is 12.8. The van der Waals surface area contributed by atoms with E-state index in [1.165, 1.54) is 29.4 Å². The smallest absolute Gasteiger partial charge is 0.271 e. The fraction of sp³-hybridized carbons (Fsp3) is 0.158. The third-order valence-electron chi connectivity index (χ3n) is 4.14.